The largest absolute Gasteiger partial charge is 0.352 e. The van der Waals surface area contributed by atoms with Crippen molar-refractivity contribution in [2.24, 2.45) is 7.05 Å². The van der Waals surface area contributed by atoms with Gasteiger partial charge in [-0.3, -0.25) is 14.2 Å². The molecule has 4 aromatic rings. The second-order valence-electron chi connectivity index (χ2n) is 8.38. The maximum absolute atomic E-state index is 13.4. The minimum atomic E-state index is -0.360. The van der Waals surface area contributed by atoms with Crippen LogP contribution in [0.2, 0.25) is 0 Å². The van der Waals surface area contributed by atoms with E-state index in [1.807, 2.05) is 45.9 Å². The smallest absolute Gasteiger partial charge is 0.350 e. The summed E-state index contributed by atoms with van der Waals surface area (Å²) in [5.41, 5.74) is 3.27. The summed E-state index contributed by atoms with van der Waals surface area (Å²) in [6.07, 6.45) is 0.800. The number of aromatic nitrogens is 4. The van der Waals surface area contributed by atoms with Crippen molar-refractivity contribution < 1.29 is 4.79 Å². The van der Waals surface area contributed by atoms with Gasteiger partial charge in [0.2, 0.25) is 5.78 Å². The molecule has 32 heavy (non-hydrogen) atoms. The highest BCUT2D eigenvalue weighted by Gasteiger charge is 2.18. The van der Waals surface area contributed by atoms with Crippen LogP contribution in [0.25, 0.3) is 16.7 Å². The van der Waals surface area contributed by atoms with Crippen molar-refractivity contribution in [1.29, 1.82) is 0 Å². The molecular formula is C24H27N5O3. The summed E-state index contributed by atoms with van der Waals surface area (Å²) in [6.45, 7) is 8.19. The summed E-state index contributed by atoms with van der Waals surface area (Å²) in [5.74, 6) is -0.0109. The van der Waals surface area contributed by atoms with Gasteiger partial charge < -0.3 is 5.32 Å². The third-order valence-electron chi connectivity index (χ3n) is 5.97. The summed E-state index contributed by atoms with van der Waals surface area (Å²) < 4.78 is 4.13. The fraction of sp³-hybridized carbons (Fsp3) is 0.333. The summed E-state index contributed by atoms with van der Waals surface area (Å²) >= 11 is 0. The Morgan fingerprint density at radius 2 is 1.88 bits per heavy atom. The molecule has 0 aliphatic rings. The van der Waals surface area contributed by atoms with Crippen LogP contribution in [0.3, 0.4) is 0 Å². The first-order valence-corrected chi connectivity index (χ1v) is 10.7. The van der Waals surface area contributed by atoms with E-state index in [4.69, 9.17) is 0 Å². The Labute approximate surface area is 185 Å². The first-order valence-electron chi connectivity index (χ1n) is 10.7. The van der Waals surface area contributed by atoms with Crippen LogP contribution in [-0.4, -0.2) is 30.7 Å². The van der Waals surface area contributed by atoms with E-state index in [1.165, 1.54) is 13.6 Å². The molecular weight excluding hydrogens is 406 g/mol. The molecule has 0 saturated heterocycles. The lowest BCUT2D eigenvalue weighted by molar-refractivity contribution is 0.0939. The molecule has 2 aromatic carbocycles. The zero-order valence-corrected chi connectivity index (χ0v) is 19.0. The minimum absolute atomic E-state index is 0.0184. The van der Waals surface area contributed by atoms with Gasteiger partial charge in [0.25, 0.3) is 11.5 Å². The monoisotopic (exact) mass is 433 g/mol. The van der Waals surface area contributed by atoms with Gasteiger partial charge >= 0.3 is 5.69 Å². The van der Waals surface area contributed by atoms with E-state index in [9.17, 15) is 14.4 Å². The maximum atomic E-state index is 13.4. The Morgan fingerprint density at radius 1 is 1.12 bits per heavy atom. The van der Waals surface area contributed by atoms with Crippen LogP contribution in [0.15, 0.2) is 46.0 Å². The maximum Gasteiger partial charge on any atom is 0.352 e. The number of carbonyl (C=O) groups excluding carboxylic acids is 1. The van der Waals surface area contributed by atoms with E-state index in [-0.39, 0.29) is 35.5 Å². The number of aryl methyl sites for hydroxylation is 3. The molecule has 8 nitrogen and oxygen atoms in total. The molecule has 1 atom stereocenters. The first-order chi connectivity index (χ1) is 15.2. The second-order valence-corrected chi connectivity index (χ2v) is 8.38. The van der Waals surface area contributed by atoms with Crippen LogP contribution < -0.4 is 16.6 Å². The van der Waals surface area contributed by atoms with Crippen molar-refractivity contribution in [2.45, 2.75) is 46.7 Å². The lowest BCUT2D eigenvalue weighted by Crippen LogP contribution is -2.32. The summed E-state index contributed by atoms with van der Waals surface area (Å²) in [4.78, 5) is 38.9. The average Bonchev–Trinajstić information content (AvgIpc) is 3.10. The number of amides is 1. The Bertz CT molecular complexity index is 1480. The Morgan fingerprint density at radius 3 is 2.59 bits per heavy atom. The molecule has 1 amide bonds. The topological polar surface area (TPSA) is 90.4 Å². The Balaban J connectivity index is 1.92. The van der Waals surface area contributed by atoms with Gasteiger partial charge in [0.15, 0.2) is 0 Å². The van der Waals surface area contributed by atoms with Gasteiger partial charge in [0.05, 0.1) is 17.4 Å². The molecule has 0 spiro atoms. The van der Waals surface area contributed by atoms with Crippen LogP contribution in [-0.2, 0) is 13.6 Å². The Hall–Kier alpha value is -3.68. The third kappa shape index (κ3) is 3.62. The molecule has 2 aromatic heterocycles. The van der Waals surface area contributed by atoms with Crippen molar-refractivity contribution >= 4 is 22.6 Å². The first kappa shape index (κ1) is 21.5. The van der Waals surface area contributed by atoms with Crippen molar-refractivity contribution in [3.8, 4) is 0 Å². The number of carbonyl (C=O) groups is 1. The normalized spacial score (nSPS) is 12.4. The van der Waals surface area contributed by atoms with Gasteiger partial charge in [-0.25, -0.2) is 13.9 Å². The predicted octanol–water partition coefficient (Wildman–Crippen LogP) is 2.54. The number of benzene rings is 2. The van der Waals surface area contributed by atoms with E-state index in [0.29, 0.717) is 16.5 Å². The molecule has 0 radical (unpaired) electrons. The highest BCUT2D eigenvalue weighted by Crippen LogP contribution is 2.15. The number of nitrogens with one attached hydrogen (secondary N) is 1. The molecule has 0 bridgehead atoms. The summed E-state index contributed by atoms with van der Waals surface area (Å²) in [5, 5.41) is 7.73. The third-order valence-corrected chi connectivity index (χ3v) is 5.97. The zero-order chi connectivity index (χ0) is 23.2. The van der Waals surface area contributed by atoms with Gasteiger partial charge in [0.1, 0.15) is 0 Å². The van der Waals surface area contributed by atoms with E-state index in [1.54, 1.807) is 25.2 Å². The molecule has 4 rings (SSSR count). The van der Waals surface area contributed by atoms with Gasteiger partial charge in [-0.1, -0.05) is 30.7 Å². The molecule has 0 aliphatic heterocycles. The fourth-order valence-corrected chi connectivity index (χ4v) is 3.78. The lowest BCUT2D eigenvalue weighted by Gasteiger charge is -2.12. The van der Waals surface area contributed by atoms with Crippen LogP contribution in [0.4, 0.5) is 0 Å². The molecule has 0 saturated carbocycles. The highest BCUT2D eigenvalue weighted by molar-refractivity contribution is 5.98. The molecule has 166 valence electrons. The fourth-order valence-electron chi connectivity index (χ4n) is 3.78. The van der Waals surface area contributed by atoms with Crippen molar-refractivity contribution in [1.82, 2.24) is 24.1 Å². The van der Waals surface area contributed by atoms with E-state index in [0.717, 1.165) is 23.1 Å². The van der Waals surface area contributed by atoms with Crippen molar-refractivity contribution in [3.05, 3.63) is 79.5 Å². The standard InChI is InChI=1S/C24H27N5O3/c1-6-16(4)25-21(30)17-9-10-19-20(12-17)29-23(27(5)22(19)31)26-28(24(29)32)13-18-11-14(2)7-8-15(18)3/h7-12,16H,6,13H2,1-5H3,(H,25,30). The quantitative estimate of drug-likeness (QED) is 0.524. The van der Waals surface area contributed by atoms with E-state index >= 15 is 0 Å². The lowest BCUT2D eigenvalue weighted by atomic mass is 10.1. The second kappa shape index (κ2) is 8.11. The minimum Gasteiger partial charge on any atom is -0.350 e. The number of nitrogens with zero attached hydrogens (tertiary/aromatic N) is 4. The highest BCUT2D eigenvalue weighted by atomic mass is 16.2. The van der Waals surface area contributed by atoms with Crippen LogP contribution >= 0.6 is 0 Å². The van der Waals surface area contributed by atoms with Gasteiger partial charge in [-0.15, -0.1) is 5.10 Å². The van der Waals surface area contributed by atoms with E-state index in [2.05, 4.69) is 10.4 Å². The summed E-state index contributed by atoms with van der Waals surface area (Å²) in [7, 11) is 1.59. The number of hydrogen-bond acceptors (Lipinski definition) is 4. The predicted molar refractivity (Wildman–Crippen MR) is 124 cm³/mol. The van der Waals surface area contributed by atoms with Crippen LogP contribution in [0.1, 0.15) is 47.3 Å². The SMILES string of the molecule is CCC(C)NC(=O)c1ccc2c(=O)n(C)c3nn(Cc4cc(C)ccc4C)c(=O)n3c2c1. The van der Waals surface area contributed by atoms with Gasteiger partial charge in [0, 0.05) is 18.7 Å². The van der Waals surface area contributed by atoms with Gasteiger partial charge in [-0.05, 0) is 56.5 Å². The zero-order valence-electron chi connectivity index (χ0n) is 19.0. The van der Waals surface area contributed by atoms with Crippen LogP contribution in [0.5, 0.6) is 0 Å². The molecule has 1 unspecified atom stereocenters. The Kier molecular flexibility index (Phi) is 5.46. The molecule has 1 N–H and O–H groups in total. The van der Waals surface area contributed by atoms with Crippen molar-refractivity contribution in [2.75, 3.05) is 0 Å². The van der Waals surface area contributed by atoms with Crippen LogP contribution in [0, 0.1) is 13.8 Å². The summed E-state index contributed by atoms with van der Waals surface area (Å²) in [6, 6.07) is 10.9. The molecule has 2 heterocycles. The number of rotatable bonds is 5. The number of hydrogen-bond donors (Lipinski definition) is 1. The van der Waals surface area contributed by atoms with Crippen molar-refractivity contribution in [3.63, 3.8) is 0 Å². The average molecular weight is 434 g/mol. The van der Waals surface area contributed by atoms with E-state index < -0.39 is 0 Å². The van der Waals surface area contributed by atoms with Gasteiger partial charge in [-0.2, -0.15) is 0 Å². The molecule has 0 aliphatic carbocycles. The molecule has 0 fully saturated rings. The molecule has 8 heteroatoms. The number of fused-ring (bicyclic) bond motifs is 3.